The van der Waals surface area contributed by atoms with Crippen molar-refractivity contribution in [2.75, 3.05) is 5.32 Å². The van der Waals surface area contributed by atoms with Gasteiger partial charge in [-0.05, 0) is 31.9 Å². The number of hydrogen-bond donors (Lipinski definition) is 1. The van der Waals surface area contributed by atoms with Crippen LogP contribution in [-0.4, -0.2) is 25.7 Å². The largest absolute Gasteiger partial charge is 0.326 e. The van der Waals surface area contributed by atoms with E-state index in [-0.39, 0.29) is 12.3 Å². The van der Waals surface area contributed by atoms with Crippen molar-refractivity contribution in [3.05, 3.63) is 46.2 Å². The third-order valence-electron chi connectivity index (χ3n) is 4.52. The molecule has 0 atom stereocenters. The van der Waals surface area contributed by atoms with Crippen molar-refractivity contribution in [3.63, 3.8) is 0 Å². The second-order valence-corrected chi connectivity index (χ2v) is 7.63. The first kappa shape index (κ1) is 16.9. The van der Waals surface area contributed by atoms with Gasteiger partial charge in [-0.2, -0.15) is 0 Å². The third-order valence-corrected chi connectivity index (χ3v) is 5.34. The molecule has 0 radical (unpaired) electrons. The zero-order valence-electron chi connectivity index (χ0n) is 14.7. The number of aryl methyl sites for hydroxylation is 2. The molecule has 0 spiro atoms. The normalized spacial score (nSPS) is 13.9. The van der Waals surface area contributed by atoms with Crippen molar-refractivity contribution >= 4 is 22.9 Å². The maximum absolute atomic E-state index is 12.3. The summed E-state index contributed by atoms with van der Waals surface area (Å²) >= 11 is 1.56. The van der Waals surface area contributed by atoms with E-state index >= 15 is 0 Å². The van der Waals surface area contributed by atoms with Gasteiger partial charge in [-0.3, -0.25) is 4.79 Å². The van der Waals surface area contributed by atoms with E-state index < -0.39 is 0 Å². The van der Waals surface area contributed by atoms with E-state index in [4.69, 9.17) is 0 Å². The Morgan fingerprint density at radius 3 is 3.04 bits per heavy atom. The first-order chi connectivity index (χ1) is 12.7. The number of nitrogens with one attached hydrogen (secondary N) is 1. The molecule has 7 heteroatoms. The summed E-state index contributed by atoms with van der Waals surface area (Å²) < 4.78 is 2.21. The second-order valence-electron chi connectivity index (χ2n) is 6.57. The standard InChI is InChI=1S/C19H21N5OS/c1-13-20-16(12-26-13)11-18(25)21-15-7-5-6-14(10-15)19-23-22-17-8-3-2-4-9-24(17)19/h5-7,10,12H,2-4,8-9,11H2,1H3,(H,21,25). The molecule has 0 saturated heterocycles. The Kier molecular flexibility index (Phi) is 4.79. The number of amides is 1. The lowest BCUT2D eigenvalue weighted by Gasteiger charge is -2.09. The van der Waals surface area contributed by atoms with E-state index in [0.29, 0.717) is 0 Å². The SMILES string of the molecule is Cc1nc(CC(=O)Nc2cccc(-c3nnc4n3CCCCC4)c2)cs1. The van der Waals surface area contributed by atoms with E-state index in [1.165, 1.54) is 12.8 Å². The molecule has 1 aliphatic heterocycles. The third kappa shape index (κ3) is 3.67. The predicted molar refractivity (Wildman–Crippen MR) is 102 cm³/mol. The molecule has 3 heterocycles. The highest BCUT2D eigenvalue weighted by molar-refractivity contribution is 7.09. The van der Waals surface area contributed by atoms with Crippen LogP contribution in [0, 0.1) is 6.92 Å². The number of benzene rings is 1. The van der Waals surface area contributed by atoms with Gasteiger partial charge in [-0.15, -0.1) is 21.5 Å². The Labute approximate surface area is 156 Å². The van der Waals surface area contributed by atoms with E-state index in [2.05, 4.69) is 25.1 Å². The van der Waals surface area contributed by atoms with Crippen molar-refractivity contribution < 1.29 is 4.79 Å². The summed E-state index contributed by atoms with van der Waals surface area (Å²) in [6.07, 6.45) is 4.83. The van der Waals surface area contributed by atoms with Gasteiger partial charge in [0.2, 0.25) is 5.91 Å². The molecular weight excluding hydrogens is 346 g/mol. The number of rotatable bonds is 4. The van der Waals surface area contributed by atoms with Gasteiger partial charge in [0.1, 0.15) is 5.82 Å². The van der Waals surface area contributed by atoms with Crippen molar-refractivity contribution in [2.45, 2.75) is 45.6 Å². The highest BCUT2D eigenvalue weighted by Gasteiger charge is 2.16. The lowest BCUT2D eigenvalue weighted by Crippen LogP contribution is -2.14. The lowest BCUT2D eigenvalue weighted by atomic mass is 10.1. The highest BCUT2D eigenvalue weighted by Crippen LogP contribution is 2.25. The molecule has 1 aliphatic rings. The molecule has 1 amide bonds. The van der Waals surface area contributed by atoms with Crippen LogP contribution in [0.1, 0.15) is 35.8 Å². The van der Waals surface area contributed by atoms with Crippen LogP contribution in [0.2, 0.25) is 0 Å². The molecule has 6 nitrogen and oxygen atoms in total. The van der Waals surface area contributed by atoms with Gasteiger partial charge in [0.15, 0.2) is 5.82 Å². The van der Waals surface area contributed by atoms with E-state index in [0.717, 1.165) is 53.0 Å². The number of nitrogens with zero attached hydrogens (tertiary/aromatic N) is 4. The van der Waals surface area contributed by atoms with Crippen LogP contribution in [0.4, 0.5) is 5.69 Å². The molecule has 26 heavy (non-hydrogen) atoms. The fourth-order valence-corrected chi connectivity index (χ4v) is 3.91. The minimum Gasteiger partial charge on any atom is -0.326 e. The smallest absolute Gasteiger partial charge is 0.230 e. The fourth-order valence-electron chi connectivity index (χ4n) is 3.29. The Morgan fingerprint density at radius 2 is 2.19 bits per heavy atom. The second kappa shape index (κ2) is 7.37. The summed E-state index contributed by atoms with van der Waals surface area (Å²) in [4.78, 5) is 16.6. The van der Waals surface area contributed by atoms with Crippen LogP contribution in [0.5, 0.6) is 0 Å². The first-order valence-electron chi connectivity index (χ1n) is 8.92. The Bertz CT molecular complexity index is 930. The summed E-state index contributed by atoms with van der Waals surface area (Å²) in [7, 11) is 0. The molecule has 1 N–H and O–H groups in total. The molecule has 1 aromatic carbocycles. The van der Waals surface area contributed by atoms with Crippen molar-refractivity contribution in [3.8, 4) is 11.4 Å². The number of carbonyl (C=O) groups excluding carboxylic acids is 1. The lowest BCUT2D eigenvalue weighted by molar-refractivity contribution is -0.115. The van der Waals surface area contributed by atoms with Crippen LogP contribution in [0.25, 0.3) is 11.4 Å². The van der Waals surface area contributed by atoms with E-state index in [9.17, 15) is 4.79 Å². The minimum atomic E-state index is -0.0625. The number of fused-ring (bicyclic) bond motifs is 1. The van der Waals surface area contributed by atoms with Gasteiger partial charge in [-0.25, -0.2) is 4.98 Å². The predicted octanol–water partition coefficient (Wildman–Crippen LogP) is 3.62. The van der Waals surface area contributed by atoms with E-state index in [1.807, 2.05) is 36.6 Å². The monoisotopic (exact) mass is 367 g/mol. The van der Waals surface area contributed by atoms with Gasteiger partial charge in [0, 0.05) is 29.6 Å². The number of carbonyl (C=O) groups is 1. The fraction of sp³-hybridized carbons (Fsp3) is 0.368. The Hall–Kier alpha value is -2.54. The van der Waals surface area contributed by atoms with Crippen molar-refractivity contribution in [1.29, 1.82) is 0 Å². The van der Waals surface area contributed by atoms with Gasteiger partial charge >= 0.3 is 0 Å². The van der Waals surface area contributed by atoms with Crippen LogP contribution in [-0.2, 0) is 24.2 Å². The quantitative estimate of drug-likeness (QED) is 0.764. The summed E-state index contributed by atoms with van der Waals surface area (Å²) in [5, 5.41) is 14.6. The minimum absolute atomic E-state index is 0.0625. The summed E-state index contributed by atoms with van der Waals surface area (Å²) in [6, 6.07) is 7.82. The molecule has 2 aromatic heterocycles. The van der Waals surface area contributed by atoms with Crippen LogP contribution in [0.15, 0.2) is 29.6 Å². The maximum atomic E-state index is 12.3. The van der Waals surface area contributed by atoms with Crippen LogP contribution < -0.4 is 5.32 Å². The zero-order chi connectivity index (χ0) is 17.9. The van der Waals surface area contributed by atoms with Gasteiger partial charge < -0.3 is 9.88 Å². The van der Waals surface area contributed by atoms with Crippen LogP contribution in [0.3, 0.4) is 0 Å². The summed E-state index contributed by atoms with van der Waals surface area (Å²) in [6.45, 7) is 2.90. The number of thiazole rings is 1. The van der Waals surface area contributed by atoms with Gasteiger partial charge in [0.05, 0.1) is 17.1 Å². The van der Waals surface area contributed by atoms with Gasteiger partial charge in [0.25, 0.3) is 0 Å². The number of hydrogen-bond acceptors (Lipinski definition) is 5. The molecular formula is C19H21N5OS. The molecule has 0 aliphatic carbocycles. The molecule has 134 valence electrons. The topological polar surface area (TPSA) is 72.7 Å². The van der Waals surface area contributed by atoms with Crippen molar-refractivity contribution in [2.24, 2.45) is 0 Å². The summed E-state index contributed by atoms with van der Waals surface area (Å²) in [5.41, 5.74) is 2.56. The van der Waals surface area contributed by atoms with E-state index in [1.54, 1.807) is 11.3 Å². The molecule has 3 aromatic rings. The average molecular weight is 367 g/mol. The van der Waals surface area contributed by atoms with Crippen LogP contribution >= 0.6 is 11.3 Å². The number of aromatic nitrogens is 4. The Balaban J connectivity index is 1.52. The maximum Gasteiger partial charge on any atom is 0.230 e. The molecule has 0 saturated carbocycles. The molecule has 0 fully saturated rings. The van der Waals surface area contributed by atoms with Gasteiger partial charge in [-0.1, -0.05) is 18.6 Å². The zero-order valence-corrected chi connectivity index (χ0v) is 15.6. The highest BCUT2D eigenvalue weighted by atomic mass is 32.1. The average Bonchev–Trinajstić information content (AvgIpc) is 3.14. The van der Waals surface area contributed by atoms with Crippen molar-refractivity contribution in [1.82, 2.24) is 19.7 Å². The number of anilines is 1. The molecule has 0 bridgehead atoms. The first-order valence-corrected chi connectivity index (χ1v) is 9.80. The molecule has 0 unspecified atom stereocenters. The molecule has 4 rings (SSSR count). The summed E-state index contributed by atoms with van der Waals surface area (Å²) in [5.74, 6) is 1.88. The Morgan fingerprint density at radius 1 is 1.27 bits per heavy atom.